The Kier molecular flexibility index (Phi) is 6.02. The van der Waals surface area contributed by atoms with Crippen molar-refractivity contribution in [2.45, 2.75) is 19.3 Å². The lowest BCUT2D eigenvalue weighted by atomic mass is 9.81. The quantitative estimate of drug-likeness (QED) is 0.167. The van der Waals surface area contributed by atoms with E-state index in [2.05, 4.69) is 153 Å². The normalized spacial score (nSPS) is 13.9. The van der Waals surface area contributed by atoms with Crippen molar-refractivity contribution in [3.05, 3.63) is 193 Å². The average molecular weight is 692 g/mol. The molecule has 0 fully saturated rings. The molecule has 0 saturated heterocycles. The zero-order valence-electron chi connectivity index (χ0n) is 33.0. The highest BCUT2D eigenvalue weighted by Gasteiger charge is 2.35. The van der Waals surface area contributed by atoms with E-state index in [0.717, 1.165) is 60.3 Å². The second-order valence-corrected chi connectivity index (χ2v) is 15.0. The Morgan fingerprint density at radius 2 is 0.981 bits per heavy atom. The van der Waals surface area contributed by atoms with Gasteiger partial charge < -0.3 is 4.42 Å². The van der Waals surface area contributed by atoms with Crippen LogP contribution in [0.4, 0.5) is 0 Å². The lowest BCUT2D eigenvalue weighted by Crippen LogP contribution is -2.14. The van der Waals surface area contributed by atoms with E-state index in [1.165, 1.54) is 27.8 Å². The van der Waals surface area contributed by atoms with E-state index < -0.39 is 0 Å². The molecule has 10 aromatic rings. The van der Waals surface area contributed by atoms with Gasteiger partial charge in [-0.1, -0.05) is 165 Å². The van der Waals surface area contributed by atoms with Crippen molar-refractivity contribution in [3.8, 4) is 55.6 Å². The molecule has 1 heterocycles. The van der Waals surface area contributed by atoms with Gasteiger partial charge in [0.2, 0.25) is 0 Å². The molecule has 0 radical (unpaired) electrons. The minimum atomic E-state index is -0.144. The Morgan fingerprint density at radius 3 is 1.72 bits per heavy atom. The molecule has 0 bridgehead atoms. The lowest BCUT2D eigenvalue weighted by molar-refractivity contribution is 0.660. The first kappa shape index (κ1) is 27.9. The van der Waals surface area contributed by atoms with E-state index in [1.54, 1.807) is 0 Å². The number of para-hydroxylation sites is 1. The van der Waals surface area contributed by atoms with E-state index in [0.29, 0.717) is 22.1 Å². The number of fused-ring (bicyclic) bond motifs is 8. The molecule has 254 valence electrons. The van der Waals surface area contributed by atoms with Crippen molar-refractivity contribution < 1.29 is 8.53 Å². The van der Waals surface area contributed by atoms with Gasteiger partial charge in [0.25, 0.3) is 0 Å². The van der Waals surface area contributed by atoms with Gasteiger partial charge in [-0.15, -0.1) is 0 Å². The van der Waals surface area contributed by atoms with Gasteiger partial charge in [-0.3, -0.25) is 0 Å². The summed E-state index contributed by atoms with van der Waals surface area (Å²) in [5, 5.41) is 5.99. The van der Waals surface area contributed by atoms with Crippen LogP contribution in [0.3, 0.4) is 0 Å². The van der Waals surface area contributed by atoms with Crippen LogP contribution in [0.15, 0.2) is 186 Å². The first-order valence-corrected chi connectivity index (χ1v) is 18.6. The van der Waals surface area contributed by atoms with Crippen LogP contribution in [0, 0.1) is 0 Å². The van der Waals surface area contributed by atoms with Crippen molar-refractivity contribution in [2.75, 3.05) is 0 Å². The molecule has 1 nitrogen and oxygen atoms in total. The molecular weight excluding hydrogens is 653 g/mol. The van der Waals surface area contributed by atoms with Crippen LogP contribution in [0.1, 0.15) is 29.1 Å². The minimum Gasteiger partial charge on any atom is -0.456 e. The zero-order valence-corrected chi connectivity index (χ0v) is 30.0. The van der Waals surface area contributed by atoms with Crippen LogP contribution in [-0.2, 0) is 5.41 Å². The summed E-state index contributed by atoms with van der Waals surface area (Å²) in [4.78, 5) is 0. The molecule has 0 saturated carbocycles. The summed E-state index contributed by atoms with van der Waals surface area (Å²) >= 11 is 0. The Bertz CT molecular complexity index is 3290. The molecule has 0 aliphatic heterocycles. The number of hydrogen-bond acceptors (Lipinski definition) is 1. The molecule has 0 N–H and O–H groups in total. The number of rotatable bonds is 4. The van der Waals surface area contributed by atoms with Crippen LogP contribution in [0.5, 0.6) is 0 Å². The Labute approximate surface area is 319 Å². The highest BCUT2D eigenvalue weighted by Crippen LogP contribution is 2.51. The van der Waals surface area contributed by atoms with Crippen LogP contribution in [-0.4, -0.2) is 0 Å². The Hall–Kier alpha value is -6.70. The molecule has 1 aliphatic carbocycles. The van der Waals surface area contributed by atoms with Crippen molar-refractivity contribution in [2.24, 2.45) is 0 Å². The van der Waals surface area contributed by atoms with Gasteiger partial charge in [-0.25, -0.2) is 0 Å². The Morgan fingerprint density at radius 1 is 0.407 bits per heavy atom. The maximum atomic E-state index is 9.27. The molecule has 0 unspecified atom stereocenters. The van der Waals surface area contributed by atoms with E-state index >= 15 is 0 Å². The third-order valence-electron chi connectivity index (χ3n) is 11.7. The molecule has 9 aromatic carbocycles. The second kappa shape index (κ2) is 11.7. The highest BCUT2D eigenvalue weighted by molar-refractivity contribution is 6.23. The van der Waals surface area contributed by atoms with Gasteiger partial charge in [0, 0.05) is 16.2 Å². The molecule has 0 amide bonds. The maximum Gasteiger partial charge on any atom is 0.136 e. The van der Waals surface area contributed by atoms with Crippen molar-refractivity contribution in [1.82, 2.24) is 0 Å². The fourth-order valence-electron chi connectivity index (χ4n) is 9.09. The summed E-state index contributed by atoms with van der Waals surface area (Å²) in [6.45, 7) is 4.66. The maximum absolute atomic E-state index is 9.27. The van der Waals surface area contributed by atoms with Gasteiger partial charge in [0.1, 0.15) is 11.2 Å². The SMILES string of the molecule is [2H]c1c([2H])c(-c2ccc3c(-c4ccccc4)c4cc(-c5ccc6c(c5)C(C)(C)c5ccccc5-6)ccc4c(-c4ccccc4)c3c2)c2c(oc3ccccc32)c1[2H]. The third kappa shape index (κ3) is 4.52. The lowest BCUT2D eigenvalue weighted by Gasteiger charge is -2.22. The van der Waals surface area contributed by atoms with Gasteiger partial charge in [0.05, 0.1) is 4.11 Å². The predicted octanol–water partition coefficient (Wildman–Crippen LogP) is 14.9. The third-order valence-corrected chi connectivity index (χ3v) is 11.7. The van der Waals surface area contributed by atoms with Gasteiger partial charge in [-0.05, 0) is 119 Å². The molecule has 0 atom stereocenters. The molecule has 1 heteroatoms. The van der Waals surface area contributed by atoms with Crippen LogP contribution in [0.2, 0.25) is 0 Å². The largest absolute Gasteiger partial charge is 0.456 e. The monoisotopic (exact) mass is 691 g/mol. The molecule has 0 spiro atoms. The summed E-state index contributed by atoms with van der Waals surface area (Å²) in [5.74, 6) is 0. The molecular formula is C53H36O. The topological polar surface area (TPSA) is 13.1 Å². The highest BCUT2D eigenvalue weighted by atomic mass is 16.3. The van der Waals surface area contributed by atoms with Gasteiger partial charge in [-0.2, -0.15) is 0 Å². The van der Waals surface area contributed by atoms with E-state index in [1.807, 2.05) is 24.3 Å². The average Bonchev–Trinajstić information content (AvgIpc) is 3.74. The molecule has 1 aromatic heterocycles. The van der Waals surface area contributed by atoms with E-state index in [-0.39, 0.29) is 23.5 Å². The van der Waals surface area contributed by atoms with Crippen molar-refractivity contribution in [3.63, 3.8) is 0 Å². The van der Waals surface area contributed by atoms with Gasteiger partial charge in [0.15, 0.2) is 0 Å². The number of benzene rings is 9. The number of furan rings is 1. The first-order chi connectivity index (χ1) is 27.8. The van der Waals surface area contributed by atoms with E-state index in [9.17, 15) is 1.37 Å². The zero-order chi connectivity index (χ0) is 38.6. The first-order valence-electron chi connectivity index (χ1n) is 20.1. The van der Waals surface area contributed by atoms with E-state index in [4.69, 9.17) is 7.16 Å². The van der Waals surface area contributed by atoms with Crippen LogP contribution in [0.25, 0.3) is 99.1 Å². The van der Waals surface area contributed by atoms with Crippen LogP contribution < -0.4 is 0 Å². The minimum absolute atomic E-state index is 0.0222. The Balaban J connectivity index is 1.22. The smallest absolute Gasteiger partial charge is 0.136 e. The van der Waals surface area contributed by atoms with Crippen molar-refractivity contribution in [1.29, 1.82) is 0 Å². The molecule has 1 aliphatic rings. The van der Waals surface area contributed by atoms with Crippen molar-refractivity contribution >= 4 is 43.5 Å². The summed E-state index contributed by atoms with van der Waals surface area (Å²) in [7, 11) is 0. The fraction of sp³-hybridized carbons (Fsp3) is 0.0566. The summed E-state index contributed by atoms with van der Waals surface area (Å²) in [6, 6.07) is 57.9. The van der Waals surface area contributed by atoms with Gasteiger partial charge >= 0.3 is 0 Å². The number of hydrogen-bond donors (Lipinski definition) is 0. The summed E-state index contributed by atoms with van der Waals surface area (Å²) in [6.07, 6.45) is 0. The summed E-state index contributed by atoms with van der Waals surface area (Å²) < 4.78 is 33.1. The molecule has 11 rings (SSSR count). The fourth-order valence-corrected chi connectivity index (χ4v) is 9.09. The summed E-state index contributed by atoms with van der Waals surface area (Å²) in [5.41, 5.74) is 14.5. The molecule has 54 heavy (non-hydrogen) atoms. The standard InChI is InChI=1S/C53H36O/c1-53(2)46-21-11-9-18-39(46)40-27-24-36(32-47(40)53)35-25-28-41-44(30-35)50(33-14-5-3-6-15-33)42-29-26-37(31-45(42)51(41)34-16-7-4-8-17-34)38-20-13-23-49-52(38)43-19-10-12-22-48(43)54-49/h3-32H,1-2H3/i13D,20D,23D. The second-order valence-electron chi connectivity index (χ2n) is 15.0. The van der Waals surface area contributed by atoms with Crippen LogP contribution >= 0.6 is 0 Å². The predicted molar refractivity (Wildman–Crippen MR) is 228 cm³/mol.